The summed E-state index contributed by atoms with van der Waals surface area (Å²) in [4.78, 5) is 32.9. The molecule has 0 unspecified atom stereocenters. The molecule has 3 heterocycles. The van der Waals surface area contributed by atoms with Crippen LogP contribution >= 0.6 is 35.3 Å². The summed E-state index contributed by atoms with van der Waals surface area (Å²) in [6.45, 7) is 13.5. The second kappa shape index (κ2) is 7.88. The van der Waals surface area contributed by atoms with Crippen LogP contribution < -0.4 is 14.8 Å². The Hall–Kier alpha value is -1.84. The Kier molecular flexibility index (Phi) is 5.88. The molecular formula is C19H24N4O2S3. The third kappa shape index (κ3) is 3.05. The van der Waals surface area contributed by atoms with Gasteiger partial charge >= 0.3 is 0 Å². The second-order valence-corrected chi connectivity index (χ2v) is 9.04. The summed E-state index contributed by atoms with van der Waals surface area (Å²) in [5, 5.41) is 1.39. The molecule has 0 radical (unpaired) electrons. The number of thioether (sulfide) groups is 1. The van der Waals surface area contributed by atoms with Gasteiger partial charge in [0.1, 0.15) is 19.9 Å². The van der Waals surface area contributed by atoms with Crippen LogP contribution in [0, 0.1) is 0 Å². The first-order valence-corrected chi connectivity index (χ1v) is 11.1. The number of allylic oxidation sites excluding steroid dienone is 3. The van der Waals surface area contributed by atoms with E-state index in [4.69, 9.17) is 12.2 Å². The van der Waals surface area contributed by atoms with Crippen LogP contribution in [-0.4, -0.2) is 50.4 Å². The Morgan fingerprint density at radius 2 is 1.79 bits per heavy atom. The molecule has 1 aromatic rings. The molecule has 0 N–H and O–H groups in total. The number of rotatable bonds is 4. The third-order valence-corrected chi connectivity index (χ3v) is 7.96. The fourth-order valence-corrected chi connectivity index (χ4v) is 6.17. The van der Waals surface area contributed by atoms with Crippen LogP contribution in [0.3, 0.4) is 0 Å². The van der Waals surface area contributed by atoms with Gasteiger partial charge in [-0.15, -0.1) is 17.9 Å². The summed E-state index contributed by atoms with van der Waals surface area (Å²) < 4.78 is 2.90. The molecule has 150 valence electrons. The first-order chi connectivity index (χ1) is 13.3. The molecule has 9 heteroatoms. The molecule has 6 nitrogen and oxygen atoms in total. The van der Waals surface area contributed by atoms with Crippen LogP contribution in [-0.2, 0) is 11.3 Å². The van der Waals surface area contributed by atoms with Crippen LogP contribution in [0.5, 0.6) is 0 Å². The lowest BCUT2D eigenvalue weighted by Gasteiger charge is -2.17. The quantitative estimate of drug-likeness (QED) is 0.529. The monoisotopic (exact) mass is 436 g/mol. The highest BCUT2D eigenvalue weighted by atomic mass is 32.2. The van der Waals surface area contributed by atoms with Crippen molar-refractivity contribution in [2.24, 2.45) is 0 Å². The number of likely N-dealkylation sites (N-methyl/N-ethyl adjacent to an activating group) is 2. The van der Waals surface area contributed by atoms with E-state index in [1.165, 1.54) is 16.2 Å². The van der Waals surface area contributed by atoms with Crippen molar-refractivity contribution < 1.29 is 4.79 Å². The molecule has 0 aliphatic carbocycles. The maximum atomic E-state index is 13.3. The number of aromatic nitrogens is 1. The molecule has 0 spiro atoms. The Bertz CT molecular complexity index is 1080. The van der Waals surface area contributed by atoms with Crippen LogP contribution in [0.15, 0.2) is 28.1 Å². The normalized spacial score (nSPS) is 21.5. The van der Waals surface area contributed by atoms with E-state index in [0.29, 0.717) is 33.1 Å². The van der Waals surface area contributed by atoms with Gasteiger partial charge in [0.05, 0.1) is 0 Å². The van der Waals surface area contributed by atoms with E-state index < -0.39 is 0 Å². The molecule has 0 atom stereocenters. The molecule has 28 heavy (non-hydrogen) atoms. The lowest BCUT2D eigenvalue weighted by atomic mass is 10.4. The summed E-state index contributed by atoms with van der Waals surface area (Å²) in [6.07, 6.45) is 1.68. The predicted octanol–water partition coefficient (Wildman–Crippen LogP) is 1.67. The maximum absolute atomic E-state index is 13.3. The van der Waals surface area contributed by atoms with Crippen molar-refractivity contribution in [1.82, 2.24) is 19.3 Å². The average Bonchev–Trinajstić information content (AvgIpc) is 3.20. The molecular weight excluding hydrogens is 412 g/mol. The van der Waals surface area contributed by atoms with E-state index in [1.54, 1.807) is 39.3 Å². The number of thiocarbonyl (C=S) groups is 1. The van der Waals surface area contributed by atoms with Gasteiger partial charge in [-0.3, -0.25) is 19.1 Å². The summed E-state index contributed by atoms with van der Waals surface area (Å²) in [5.41, 5.74) is 1.51. The zero-order valence-electron chi connectivity index (χ0n) is 16.7. The van der Waals surface area contributed by atoms with Crippen molar-refractivity contribution in [2.75, 3.05) is 20.1 Å². The molecule has 1 amide bonds. The summed E-state index contributed by atoms with van der Waals surface area (Å²) in [7, 11) is 1.78. The fraction of sp³-hybridized carbons (Fsp3) is 0.421. The largest absolute Gasteiger partial charge is 0.338 e. The van der Waals surface area contributed by atoms with E-state index >= 15 is 0 Å². The highest BCUT2D eigenvalue weighted by Crippen LogP contribution is 2.40. The van der Waals surface area contributed by atoms with Gasteiger partial charge in [-0.05, 0) is 39.9 Å². The SMILES string of the molecule is C=CCn1c(=C2C(=O)N(CC)C(=S)N2C)sc(=C2SC(C)=C(C)N2CC)c1=O. The van der Waals surface area contributed by atoms with Crippen molar-refractivity contribution in [1.29, 1.82) is 0 Å². The predicted molar refractivity (Wildman–Crippen MR) is 121 cm³/mol. The minimum Gasteiger partial charge on any atom is -0.338 e. The minimum atomic E-state index is -0.164. The van der Waals surface area contributed by atoms with E-state index in [9.17, 15) is 9.59 Å². The van der Waals surface area contributed by atoms with E-state index in [1.807, 2.05) is 6.92 Å². The van der Waals surface area contributed by atoms with Crippen LogP contribution in [0.2, 0.25) is 0 Å². The first-order valence-electron chi connectivity index (χ1n) is 9.09. The van der Waals surface area contributed by atoms with Crippen molar-refractivity contribution in [2.45, 2.75) is 34.2 Å². The zero-order chi connectivity index (χ0) is 20.7. The Labute approximate surface area is 178 Å². The summed E-state index contributed by atoms with van der Waals surface area (Å²) in [6, 6.07) is 0. The molecule has 2 aliphatic rings. The number of hydrogen-bond acceptors (Lipinski definition) is 6. The number of carbonyl (C=O) groups is 1. The van der Waals surface area contributed by atoms with Gasteiger partial charge in [-0.2, -0.15) is 0 Å². The van der Waals surface area contributed by atoms with Gasteiger partial charge in [-0.1, -0.05) is 17.8 Å². The first kappa shape index (κ1) is 20.9. The Morgan fingerprint density at radius 1 is 1.14 bits per heavy atom. The topological polar surface area (TPSA) is 48.8 Å². The van der Waals surface area contributed by atoms with E-state index in [-0.39, 0.29) is 11.5 Å². The number of amides is 1. The van der Waals surface area contributed by atoms with Crippen molar-refractivity contribution >= 4 is 57.1 Å². The zero-order valence-corrected chi connectivity index (χ0v) is 19.2. The standard InChI is InChI=1S/C19H24N4O2S3/c1-7-10-23-16(25)14(18-21(8-2)11(4)12(5)27-18)28-17(23)13-15(24)22(9-3)19(26)20(13)6/h7H,1,8-10H2,2-6H3. The average molecular weight is 437 g/mol. The molecule has 3 rings (SSSR count). The van der Waals surface area contributed by atoms with Crippen LogP contribution in [0.1, 0.15) is 27.7 Å². The van der Waals surface area contributed by atoms with Crippen molar-refractivity contribution in [3.8, 4) is 0 Å². The molecule has 2 aliphatic heterocycles. The number of thiazole rings is 1. The minimum absolute atomic E-state index is 0.0992. The number of nitrogens with zero attached hydrogens (tertiary/aromatic N) is 4. The second-order valence-electron chi connectivity index (χ2n) is 6.47. The van der Waals surface area contributed by atoms with Gasteiger partial charge in [-0.25, -0.2) is 0 Å². The van der Waals surface area contributed by atoms with Crippen LogP contribution in [0.4, 0.5) is 0 Å². The maximum Gasteiger partial charge on any atom is 0.279 e. The molecule has 0 bridgehead atoms. The van der Waals surface area contributed by atoms with Gasteiger partial charge in [0.25, 0.3) is 11.5 Å². The molecule has 1 saturated heterocycles. The molecule has 1 fully saturated rings. The number of carbonyl (C=O) groups excluding carboxylic acids is 1. The number of hydrogen-bond donors (Lipinski definition) is 0. The smallest absolute Gasteiger partial charge is 0.279 e. The third-order valence-electron chi connectivity index (χ3n) is 4.93. The van der Waals surface area contributed by atoms with Crippen molar-refractivity contribution in [3.63, 3.8) is 0 Å². The molecule has 1 aromatic heterocycles. The van der Waals surface area contributed by atoms with Gasteiger partial charge < -0.3 is 9.80 Å². The van der Waals surface area contributed by atoms with Gasteiger partial charge in [0, 0.05) is 37.3 Å². The highest BCUT2D eigenvalue weighted by molar-refractivity contribution is 8.11. The Balaban J connectivity index is 2.38. The lowest BCUT2D eigenvalue weighted by molar-refractivity contribution is -0.120. The van der Waals surface area contributed by atoms with E-state index in [2.05, 4.69) is 32.3 Å². The molecule has 0 aromatic carbocycles. The van der Waals surface area contributed by atoms with E-state index in [0.717, 1.165) is 17.3 Å². The van der Waals surface area contributed by atoms with Gasteiger partial charge in [0.2, 0.25) is 0 Å². The lowest BCUT2D eigenvalue weighted by Crippen LogP contribution is -2.35. The fourth-order valence-electron chi connectivity index (χ4n) is 3.33. The van der Waals surface area contributed by atoms with Crippen molar-refractivity contribution in [3.05, 3.63) is 42.8 Å². The highest BCUT2D eigenvalue weighted by Gasteiger charge is 2.36. The van der Waals surface area contributed by atoms with Gasteiger partial charge in [0.15, 0.2) is 5.11 Å². The van der Waals surface area contributed by atoms with Crippen LogP contribution in [0.25, 0.3) is 10.7 Å². The molecule has 0 saturated carbocycles. The summed E-state index contributed by atoms with van der Waals surface area (Å²) >= 11 is 8.39. The summed E-state index contributed by atoms with van der Waals surface area (Å²) in [5.74, 6) is -0.164. The Morgan fingerprint density at radius 3 is 2.32 bits per heavy atom.